The minimum absolute atomic E-state index is 0.0112. The highest BCUT2D eigenvalue weighted by molar-refractivity contribution is 6.02. The third-order valence-corrected chi connectivity index (χ3v) is 20.9. The zero-order valence-corrected chi connectivity index (χ0v) is 73.7. The van der Waals surface area contributed by atoms with Crippen molar-refractivity contribution < 1.29 is 132 Å². The second kappa shape index (κ2) is 55.8. The summed E-state index contributed by atoms with van der Waals surface area (Å²) >= 11 is 0. The number of likely N-dealkylation sites (tertiary alicyclic amines) is 1. The van der Waals surface area contributed by atoms with Gasteiger partial charge < -0.3 is 138 Å². The number of rotatable bonds is 60. The average molecular weight is 1830 g/mol. The van der Waals surface area contributed by atoms with Gasteiger partial charge in [-0.25, -0.2) is 4.79 Å². The zero-order chi connectivity index (χ0) is 97.2. The highest BCUT2D eigenvalue weighted by Crippen LogP contribution is 2.23. The number of carboxylic acids is 4. The first-order valence-corrected chi connectivity index (χ1v) is 42.7. The summed E-state index contributed by atoms with van der Waals surface area (Å²) in [4.78, 5) is 274. The minimum Gasteiger partial charge on any atom is -0.508 e. The molecule has 129 heavy (non-hydrogen) atoms. The molecule has 718 valence electrons. The molecule has 0 aromatic heterocycles. The van der Waals surface area contributed by atoms with E-state index < -0.39 is 285 Å². The first-order valence-electron chi connectivity index (χ1n) is 42.7. The van der Waals surface area contributed by atoms with Crippen LogP contribution in [0.4, 0.5) is 0 Å². The SMILES string of the molecule is CC[C@H](C)[C@H](NC(=O)[C@H](CCC(=O)O)NC(=O)[C@H](CO)NC(=O)[C@H](CC(C)C)NC(=O)[C@H](CC(=O)O)NC(=O)[C@@H]1CCCN1C(=O)[C@H](Cc1ccc(O)cc1)NC(=O)[C@H](CC(C)C)NC(=O)[C@@H](N)CC(N)=O)C(=O)N[C@@H](CCCCN)C(=O)N[C@@H](CCCCN)C(=O)N[C@@H](CCC(=O)O)C(=O)N[C@@H](Cc1ccc(O)cc1)C(=O)N[C@@H](CC(N)=O)C(=O)N[C@H](C(=O)O)C(C)C. The van der Waals surface area contributed by atoms with Gasteiger partial charge in [0.15, 0.2) is 0 Å². The number of carboxylic acid groups (broad SMARTS) is 4. The van der Waals surface area contributed by atoms with Crippen molar-refractivity contribution >= 4 is 118 Å². The number of aliphatic hydroxyl groups excluding tert-OH is 1. The Bertz CT molecular complexity index is 4190. The molecule has 0 bridgehead atoms. The lowest BCUT2D eigenvalue weighted by molar-refractivity contribution is -0.144. The van der Waals surface area contributed by atoms with E-state index in [1.807, 2.05) is 0 Å². The maximum absolute atomic E-state index is 14.8. The number of hydrogen-bond donors (Lipinski definition) is 25. The number of carbonyl (C=O) groups excluding carboxylic acids is 16. The van der Waals surface area contributed by atoms with E-state index >= 15 is 0 Å². The number of aliphatic hydroxyl groups is 1. The molecule has 1 aliphatic heterocycles. The number of carbonyl (C=O) groups is 20. The summed E-state index contributed by atoms with van der Waals surface area (Å²) in [5.41, 5.74) is 28.9. The van der Waals surface area contributed by atoms with Gasteiger partial charge in [0.2, 0.25) is 94.5 Å². The van der Waals surface area contributed by atoms with Crippen LogP contribution < -0.4 is 97.8 Å². The van der Waals surface area contributed by atoms with Crippen LogP contribution in [0.15, 0.2) is 48.5 Å². The summed E-state index contributed by atoms with van der Waals surface area (Å²) in [6, 6.07) is -14.3. The summed E-state index contributed by atoms with van der Waals surface area (Å²) in [6.07, 6.45) is -5.89. The topological polar surface area (TPSA) is 773 Å². The van der Waals surface area contributed by atoms with Crippen molar-refractivity contribution in [2.45, 2.75) is 274 Å². The zero-order valence-electron chi connectivity index (χ0n) is 73.7. The number of phenolic OH excluding ortho intramolecular Hbond substituents is 2. The first kappa shape index (κ1) is 110. The van der Waals surface area contributed by atoms with E-state index in [0.29, 0.717) is 5.56 Å². The van der Waals surface area contributed by atoms with Crippen molar-refractivity contribution in [3.05, 3.63) is 59.7 Å². The molecule has 0 radical (unpaired) electrons. The fourth-order valence-corrected chi connectivity index (χ4v) is 13.7. The van der Waals surface area contributed by atoms with Crippen LogP contribution in [0, 0.1) is 23.7 Å². The number of nitrogens with zero attached hydrogens (tertiary/aromatic N) is 1. The van der Waals surface area contributed by atoms with Crippen LogP contribution in [0.5, 0.6) is 11.5 Å². The molecule has 1 fully saturated rings. The van der Waals surface area contributed by atoms with Gasteiger partial charge in [0, 0.05) is 32.2 Å². The number of unbranched alkanes of at least 4 members (excludes halogenated alkanes) is 2. The van der Waals surface area contributed by atoms with Gasteiger partial charge in [-0.3, -0.25) is 91.1 Å². The van der Waals surface area contributed by atoms with Crippen LogP contribution in [0.25, 0.3) is 0 Å². The molecule has 0 spiro atoms. The predicted octanol–water partition coefficient (Wildman–Crippen LogP) is -5.41. The van der Waals surface area contributed by atoms with Gasteiger partial charge in [0.25, 0.3) is 0 Å². The number of benzene rings is 2. The summed E-state index contributed by atoms with van der Waals surface area (Å²) in [7, 11) is 0. The Morgan fingerprint density at radius 2 is 0.760 bits per heavy atom. The van der Waals surface area contributed by atoms with E-state index in [1.54, 1.807) is 34.6 Å². The van der Waals surface area contributed by atoms with E-state index in [-0.39, 0.29) is 120 Å². The molecule has 0 unspecified atom stereocenters. The van der Waals surface area contributed by atoms with E-state index in [1.165, 1.54) is 69.3 Å². The Hall–Kier alpha value is -12.7. The van der Waals surface area contributed by atoms with Crippen molar-refractivity contribution in [2.75, 3.05) is 26.2 Å². The molecule has 2 aromatic carbocycles. The lowest BCUT2D eigenvalue weighted by atomic mass is 9.96. The van der Waals surface area contributed by atoms with Gasteiger partial charge in [0.1, 0.15) is 96.1 Å². The molecule has 46 nitrogen and oxygen atoms in total. The molecular formula is C83H129N19O27. The van der Waals surface area contributed by atoms with Gasteiger partial charge in [-0.1, -0.05) is 86.1 Å². The summed E-state index contributed by atoms with van der Waals surface area (Å²) in [6.45, 7) is 11.6. The number of hydrogen-bond acceptors (Lipinski definition) is 26. The third kappa shape index (κ3) is 39.6. The van der Waals surface area contributed by atoms with E-state index in [0.717, 1.165) is 4.90 Å². The van der Waals surface area contributed by atoms with Crippen molar-refractivity contribution in [1.29, 1.82) is 0 Å². The van der Waals surface area contributed by atoms with Crippen molar-refractivity contribution in [1.82, 2.24) is 74.0 Å². The second-order valence-electron chi connectivity index (χ2n) is 33.0. The van der Waals surface area contributed by atoms with Crippen LogP contribution in [0.1, 0.15) is 182 Å². The highest BCUT2D eigenvalue weighted by Gasteiger charge is 2.43. The molecule has 1 heterocycles. The van der Waals surface area contributed by atoms with Crippen molar-refractivity contribution in [3.63, 3.8) is 0 Å². The molecule has 0 aliphatic carbocycles. The number of amides is 16. The van der Waals surface area contributed by atoms with E-state index in [4.69, 9.17) is 28.7 Å². The second-order valence-corrected chi connectivity index (χ2v) is 33.0. The highest BCUT2D eigenvalue weighted by atomic mass is 16.4. The fourth-order valence-electron chi connectivity index (χ4n) is 13.7. The van der Waals surface area contributed by atoms with Crippen LogP contribution in [-0.4, -0.2) is 276 Å². The number of aliphatic carboxylic acids is 4. The molecule has 0 saturated carbocycles. The summed E-state index contributed by atoms with van der Waals surface area (Å²) < 4.78 is 0. The predicted molar refractivity (Wildman–Crippen MR) is 459 cm³/mol. The van der Waals surface area contributed by atoms with E-state index in [9.17, 15) is 132 Å². The van der Waals surface area contributed by atoms with Crippen molar-refractivity contribution in [2.24, 2.45) is 52.3 Å². The maximum Gasteiger partial charge on any atom is 0.326 e. The van der Waals surface area contributed by atoms with Gasteiger partial charge in [-0.15, -0.1) is 0 Å². The molecule has 16 atom stereocenters. The number of nitrogens with one attached hydrogen (secondary N) is 13. The van der Waals surface area contributed by atoms with Crippen LogP contribution in [0.3, 0.4) is 0 Å². The molecular weight excluding hydrogens is 1700 g/mol. The van der Waals surface area contributed by atoms with Gasteiger partial charge in [-0.05, 0) is 149 Å². The standard InChI is InChI=1S/C83H129N19O27/c1-9-44(8)68(81(126)92-51(16-11-13-31-85)71(116)89-50(15-10-12-30-84)70(115)90-52(26-28-64(108)109)72(117)95-56(35-45-18-22-47(104)23-19-45)76(121)96-57(38-63(88)107)78(123)100-67(43(6)7)83(128)129)101-73(118)53(27-29-65(110)111)91-79(124)60(40-103)99-75(120)55(34-42(4)5)94-77(122)58(39-66(112)113)97-80(125)61-17-14-32-102(61)82(127)59(36-46-20-24-48(105)25-21-46)98-74(119)54(33-41(2)3)93-69(114)49(86)37-62(87)106/h18-25,41-44,49-61,67-68,103-105H,9-17,26-40,84-86H2,1-8H3,(H2,87,106)(H2,88,107)(H,89,116)(H,90,115)(H,91,124)(H,92,126)(H,93,114)(H,94,122)(H,95,117)(H,96,121)(H,97,125)(H,98,119)(H,99,120)(H,100,123)(H,101,118)(H,108,109)(H,110,111)(H,112,113)(H,128,129)/t44-,49-,50-,51-,52-,53-,54-,55-,56-,57-,58-,59-,60-,61-,67-,68-/m0/s1. The van der Waals surface area contributed by atoms with Crippen molar-refractivity contribution in [3.8, 4) is 11.5 Å². The molecule has 30 N–H and O–H groups in total. The Kier molecular flexibility index (Phi) is 47.8. The van der Waals surface area contributed by atoms with E-state index in [2.05, 4.69) is 69.1 Å². The van der Waals surface area contributed by atoms with Crippen LogP contribution in [0.2, 0.25) is 0 Å². The number of aromatic hydroxyl groups is 2. The Morgan fingerprint density at radius 3 is 1.18 bits per heavy atom. The number of nitrogens with two attached hydrogens (primary N) is 5. The maximum atomic E-state index is 14.8. The molecule has 46 heteroatoms. The third-order valence-electron chi connectivity index (χ3n) is 20.9. The lowest BCUT2D eigenvalue weighted by Gasteiger charge is -2.31. The quantitative estimate of drug-likeness (QED) is 0.0275. The molecule has 16 amide bonds. The Labute approximate surface area is 745 Å². The molecule has 1 saturated heterocycles. The largest absolute Gasteiger partial charge is 0.508 e. The van der Waals surface area contributed by atoms with Crippen LogP contribution in [-0.2, 0) is 109 Å². The fraction of sp³-hybridized carbons (Fsp3) is 0.614. The molecule has 3 rings (SSSR count). The smallest absolute Gasteiger partial charge is 0.326 e. The minimum atomic E-state index is -2.02. The number of primary amides is 2. The Morgan fingerprint density at radius 1 is 0.403 bits per heavy atom. The molecule has 2 aromatic rings. The monoisotopic (exact) mass is 1820 g/mol. The first-order chi connectivity index (χ1) is 60.6. The van der Waals surface area contributed by atoms with Gasteiger partial charge in [0.05, 0.1) is 31.9 Å². The summed E-state index contributed by atoms with van der Waals surface area (Å²) in [5.74, 6) is -26.1. The van der Waals surface area contributed by atoms with Gasteiger partial charge >= 0.3 is 23.9 Å². The average Bonchev–Trinajstić information content (AvgIpc) is 1.70. The molecule has 1 aliphatic rings. The number of phenols is 2. The normalized spacial score (nSPS) is 15.9. The summed E-state index contributed by atoms with van der Waals surface area (Å²) in [5, 5.41) is 102. The lowest BCUT2D eigenvalue weighted by Crippen LogP contribution is -2.62. The van der Waals surface area contributed by atoms with Crippen LogP contribution >= 0.6 is 0 Å². The Balaban J connectivity index is 1.97. The van der Waals surface area contributed by atoms with Gasteiger partial charge in [-0.2, -0.15) is 0 Å².